The van der Waals surface area contributed by atoms with Crippen LogP contribution in [0.15, 0.2) is 27.6 Å². The highest BCUT2D eigenvalue weighted by atomic mass is 35.5. The van der Waals surface area contributed by atoms with Crippen molar-refractivity contribution in [2.75, 3.05) is 13.3 Å². The predicted octanol–water partition coefficient (Wildman–Crippen LogP) is 2.02. The number of nitrogens with zero attached hydrogens (tertiary/aromatic N) is 2. The highest BCUT2D eigenvalue weighted by Gasteiger charge is 2.16. The molecule has 0 aliphatic heterocycles. The van der Waals surface area contributed by atoms with Crippen molar-refractivity contribution in [3.05, 3.63) is 29.6 Å². The van der Waals surface area contributed by atoms with Gasteiger partial charge in [0.05, 0.1) is 4.90 Å². The van der Waals surface area contributed by atoms with E-state index in [-0.39, 0.29) is 23.3 Å². The molecule has 0 bridgehead atoms. The zero-order valence-electron chi connectivity index (χ0n) is 13.0. The zero-order valence-corrected chi connectivity index (χ0v) is 14.6. The Labute approximate surface area is 136 Å². The second-order valence-corrected chi connectivity index (χ2v) is 7.15. The standard InChI is InChI=1S/C14H19N3O3S.ClH/c1-9-5-6-11(8-12(9)21(4,18)19)14-16-13(17-20-14)7-10(2)15-3;/h5-6,8,10,15H,7H2,1-4H3;1H. The van der Waals surface area contributed by atoms with E-state index in [0.717, 1.165) is 0 Å². The molecular formula is C14H20ClN3O3S. The van der Waals surface area contributed by atoms with Gasteiger partial charge >= 0.3 is 0 Å². The zero-order chi connectivity index (χ0) is 15.6. The van der Waals surface area contributed by atoms with Crippen LogP contribution >= 0.6 is 12.4 Å². The maximum Gasteiger partial charge on any atom is 0.257 e. The van der Waals surface area contributed by atoms with Gasteiger partial charge in [-0.05, 0) is 38.6 Å². The van der Waals surface area contributed by atoms with Crippen molar-refractivity contribution in [3.8, 4) is 11.5 Å². The Kier molecular flexibility index (Phi) is 6.10. The number of benzene rings is 1. The molecule has 0 saturated carbocycles. The van der Waals surface area contributed by atoms with Gasteiger partial charge in [0.1, 0.15) is 0 Å². The number of hydrogen-bond acceptors (Lipinski definition) is 6. The van der Waals surface area contributed by atoms with E-state index in [4.69, 9.17) is 4.52 Å². The first kappa shape index (κ1) is 18.6. The van der Waals surface area contributed by atoms with Crippen LogP contribution in [0.1, 0.15) is 18.3 Å². The third kappa shape index (κ3) is 4.28. The third-order valence-electron chi connectivity index (χ3n) is 3.28. The lowest BCUT2D eigenvalue weighted by Crippen LogP contribution is -2.24. The van der Waals surface area contributed by atoms with Gasteiger partial charge in [-0.15, -0.1) is 12.4 Å². The first-order chi connectivity index (χ1) is 9.81. The summed E-state index contributed by atoms with van der Waals surface area (Å²) in [6.07, 6.45) is 1.83. The topological polar surface area (TPSA) is 85.1 Å². The molecule has 1 aromatic carbocycles. The second kappa shape index (κ2) is 7.21. The van der Waals surface area contributed by atoms with Crippen LogP contribution in [0.5, 0.6) is 0 Å². The minimum absolute atomic E-state index is 0. The summed E-state index contributed by atoms with van der Waals surface area (Å²) < 4.78 is 28.7. The highest BCUT2D eigenvalue weighted by Crippen LogP contribution is 2.24. The van der Waals surface area contributed by atoms with Gasteiger partial charge in [0.15, 0.2) is 15.7 Å². The number of hydrogen-bond donors (Lipinski definition) is 1. The predicted molar refractivity (Wildman–Crippen MR) is 87.1 cm³/mol. The van der Waals surface area contributed by atoms with E-state index in [1.807, 2.05) is 14.0 Å². The SMILES string of the molecule is CNC(C)Cc1noc(-c2ccc(C)c(S(C)(=O)=O)c2)n1.Cl. The first-order valence-electron chi connectivity index (χ1n) is 6.62. The Morgan fingerprint density at radius 2 is 2.05 bits per heavy atom. The molecule has 2 rings (SSSR count). The van der Waals surface area contributed by atoms with Crippen LogP contribution in [0.25, 0.3) is 11.5 Å². The van der Waals surface area contributed by atoms with E-state index in [1.165, 1.54) is 6.26 Å². The number of nitrogens with one attached hydrogen (secondary N) is 1. The highest BCUT2D eigenvalue weighted by molar-refractivity contribution is 7.90. The van der Waals surface area contributed by atoms with E-state index in [2.05, 4.69) is 15.5 Å². The van der Waals surface area contributed by atoms with Crippen LogP contribution in [0.3, 0.4) is 0 Å². The smallest absolute Gasteiger partial charge is 0.257 e. The molecular weight excluding hydrogens is 326 g/mol. The van der Waals surface area contributed by atoms with Gasteiger partial charge in [-0.25, -0.2) is 8.42 Å². The molecule has 6 nitrogen and oxygen atoms in total. The molecule has 0 aliphatic rings. The molecule has 0 amide bonds. The Morgan fingerprint density at radius 1 is 1.36 bits per heavy atom. The molecule has 22 heavy (non-hydrogen) atoms. The molecule has 0 radical (unpaired) electrons. The Bertz CT molecular complexity index is 744. The quantitative estimate of drug-likeness (QED) is 0.892. The lowest BCUT2D eigenvalue weighted by molar-refractivity contribution is 0.418. The van der Waals surface area contributed by atoms with E-state index >= 15 is 0 Å². The van der Waals surface area contributed by atoms with E-state index in [9.17, 15) is 8.42 Å². The van der Waals surface area contributed by atoms with E-state index in [1.54, 1.807) is 25.1 Å². The number of rotatable bonds is 5. The molecule has 1 aromatic heterocycles. The van der Waals surface area contributed by atoms with Gasteiger partial charge in [0.25, 0.3) is 5.89 Å². The summed E-state index contributed by atoms with van der Waals surface area (Å²) in [5, 5.41) is 7.02. The summed E-state index contributed by atoms with van der Waals surface area (Å²) in [5.41, 5.74) is 1.31. The van der Waals surface area contributed by atoms with Gasteiger partial charge in [-0.3, -0.25) is 0 Å². The molecule has 0 saturated heterocycles. The molecule has 122 valence electrons. The van der Waals surface area contributed by atoms with Crippen molar-refractivity contribution in [2.24, 2.45) is 0 Å². The van der Waals surface area contributed by atoms with Crippen LogP contribution in [0, 0.1) is 6.92 Å². The summed E-state index contributed by atoms with van der Waals surface area (Å²) in [7, 11) is -1.41. The van der Waals surface area contributed by atoms with Crippen LogP contribution in [-0.4, -0.2) is 37.9 Å². The summed E-state index contributed by atoms with van der Waals surface area (Å²) in [6, 6.07) is 5.33. The Hall–Kier alpha value is -1.44. The molecule has 2 aromatic rings. The maximum atomic E-state index is 11.8. The molecule has 1 heterocycles. The fraction of sp³-hybridized carbons (Fsp3) is 0.429. The monoisotopic (exact) mass is 345 g/mol. The van der Waals surface area contributed by atoms with Crippen LogP contribution < -0.4 is 5.32 Å². The van der Waals surface area contributed by atoms with Gasteiger partial charge in [0, 0.05) is 24.3 Å². The average Bonchev–Trinajstić information content (AvgIpc) is 2.86. The van der Waals surface area contributed by atoms with E-state index < -0.39 is 9.84 Å². The van der Waals surface area contributed by atoms with Gasteiger partial charge in [-0.1, -0.05) is 11.2 Å². The lowest BCUT2D eigenvalue weighted by atomic mass is 10.1. The molecule has 0 aliphatic carbocycles. The second-order valence-electron chi connectivity index (χ2n) is 5.16. The number of likely N-dealkylation sites (N-methyl/N-ethyl adjacent to an activating group) is 1. The maximum absolute atomic E-state index is 11.8. The molecule has 0 spiro atoms. The van der Waals surface area contributed by atoms with Crippen LogP contribution in [-0.2, 0) is 16.3 Å². The van der Waals surface area contributed by atoms with Gasteiger partial charge in [-0.2, -0.15) is 4.98 Å². The Balaban J connectivity index is 0.00000242. The summed E-state index contributed by atoms with van der Waals surface area (Å²) in [4.78, 5) is 4.59. The lowest BCUT2D eigenvalue weighted by Gasteiger charge is -2.05. The minimum Gasteiger partial charge on any atom is -0.334 e. The molecule has 1 unspecified atom stereocenters. The van der Waals surface area contributed by atoms with Crippen molar-refractivity contribution in [2.45, 2.75) is 31.2 Å². The third-order valence-corrected chi connectivity index (χ3v) is 4.52. The number of aryl methyl sites for hydroxylation is 1. The Morgan fingerprint density at radius 3 is 2.64 bits per heavy atom. The molecule has 1 N–H and O–H groups in total. The summed E-state index contributed by atoms with van der Waals surface area (Å²) >= 11 is 0. The number of halogens is 1. The van der Waals surface area contributed by atoms with Crippen LogP contribution in [0.2, 0.25) is 0 Å². The number of aromatic nitrogens is 2. The van der Waals surface area contributed by atoms with Gasteiger partial charge < -0.3 is 9.84 Å². The van der Waals surface area contributed by atoms with Crippen molar-refractivity contribution in [1.82, 2.24) is 15.5 Å². The number of sulfone groups is 1. The fourth-order valence-corrected chi connectivity index (χ4v) is 2.96. The van der Waals surface area contributed by atoms with Gasteiger partial charge in [0.2, 0.25) is 0 Å². The molecule has 0 fully saturated rings. The molecule has 1 atom stereocenters. The molecule has 8 heteroatoms. The normalized spacial score (nSPS) is 12.7. The fourth-order valence-electron chi connectivity index (χ4n) is 1.96. The average molecular weight is 346 g/mol. The van der Waals surface area contributed by atoms with Crippen molar-refractivity contribution in [3.63, 3.8) is 0 Å². The van der Waals surface area contributed by atoms with Crippen LogP contribution in [0.4, 0.5) is 0 Å². The van der Waals surface area contributed by atoms with Crippen molar-refractivity contribution < 1.29 is 12.9 Å². The van der Waals surface area contributed by atoms with Crippen molar-refractivity contribution >= 4 is 22.2 Å². The van der Waals surface area contributed by atoms with Crippen molar-refractivity contribution in [1.29, 1.82) is 0 Å². The van der Waals surface area contributed by atoms with E-state index in [0.29, 0.717) is 29.3 Å². The largest absolute Gasteiger partial charge is 0.334 e. The minimum atomic E-state index is -3.28. The summed E-state index contributed by atoms with van der Waals surface area (Å²) in [5.74, 6) is 0.923. The first-order valence-corrected chi connectivity index (χ1v) is 8.51. The summed E-state index contributed by atoms with van der Waals surface area (Å²) in [6.45, 7) is 3.78.